The van der Waals surface area contributed by atoms with Crippen LogP contribution < -0.4 is 10.2 Å². The molecular formula is C18H27N3. The molecule has 1 aromatic heterocycles. The van der Waals surface area contributed by atoms with Crippen molar-refractivity contribution < 1.29 is 0 Å². The minimum atomic E-state index is 0.461. The first-order valence-electron chi connectivity index (χ1n) is 7.90. The van der Waals surface area contributed by atoms with E-state index in [9.17, 15) is 0 Å². The molecule has 0 spiro atoms. The zero-order chi connectivity index (χ0) is 15.4. The monoisotopic (exact) mass is 285 g/mol. The van der Waals surface area contributed by atoms with Gasteiger partial charge in [-0.15, -0.1) is 6.42 Å². The van der Waals surface area contributed by atoms with Crippen molar-refractivity contribution in [1.29, 1.82) is 0 Å². The molecule has 21 heavy (non-hydrogen) atoms. The predicted octanol–water partition coefficient (Wildman–Crippen LogP) is 3.05. The second-order valence-corrected chi connectivity index (χ2v) is 6.45. The van der Waals surface area contributed by atoms with Gasteiger partial charge >= 0.3 is 0 Å². The molecule has 1 aliphatic rings. The number of nitrogens with zero attached hydrogens (tertiary/aromatic N) is 2. The maximum absolute atomic E-state index is 5.58. The molecular weight excluding hydrogens is 258 g/mol. The zero-order valence-electron chi connectivity index (χ0n) is 13.7. The van der Waals surface area contributed by atoms with Crippen LogP contribution in [-0.2, 0) is 6.54 Å². The highest BCUT2D eigenvalue weighted by atomic mass is 15.2. The predicted molar refractivity (Wildman–Crippen MR) is 89.5 cm³/mol. The number of nitrogens with one attached hydrogen (secondary N) is 1. The minimum Gasteiger partial charge on any atom is -0.345 e. The average molecular weight is 285 g/mol. The quantitative estimate of drug-likeness (QED) is 0.781. The van der Waals surface area contributed by atoms with E-state index in [1.165, 1.54) is 24.0 Å². The van der Waals surface area contributed by atoms with Gasteiger partial charge in [-0.3, -0.25) is 0 Å². The lowest BCUT2D eigenvalue weighted by Crippen LogP contribution is -2.30. The molecule has 0 saturated heterocycles. The maximum atomic E-state index is 5.58. The summed E-state index contributed by atoms with van der Waals surface area (Å²) < 4.78 is 0. The third-order valence-corrected chi connectivity index (χ3v) is 3.90. The van der Waals surface area contributed by atoms with Crippen LogP contribution in [0.15, 0.2) is 6.07 Å². The van der Waals surface area contributed by atoms with Gasteiger partial charge in [0.1, 0.15) is 5.82 Å². The van der Waals surface area contributed by atoms with Crippen molar-refractivity contribution in [3.63, 3.8) is 0 Å². The SMILES string of the molecule is C#CCN(CC1CC1)c1nc(C)cc(C)c1CNC(C)C. The summed E-state index contributed by atoms with van der Waals surface area (Å²) in [6, 6.07) is 2.62. The number of hydrogen-bond acceptors (Lipinski definition) is 3. The number of terminal acetylenes is 1. The number of aromatic nitrogens is 1. The van der Waals surface area contributed by atoms with Gasteiger partial charge in [0.15, 0.2) is 0 Å². The van der Waals surface area contributed by atoms with Crippen LogP contribution in [0.2, 0.25) is 0 Å². The summed E-state index contributed by atoms with van der Waals surface area (Å²) >= 11 is 0. The zero-order valence-corrected chi connectivity index (χ0v) is 13.7. The molecule has 1 heterocycles. The topological polar surface area (TPSA) is 28.2 Å². The van der Waals surface area contributed by atoms with Gasteiger partial charge in [-0.25, -0.2) is 4.98 Å². The van der Waals surface area contributed by atoms with Gasteiger partial charge in [0.2, 0.25) is 0 Å². The van der Waals surface area contributed by atoms with Crippen molar-refractivity contribution in [2.24, 2.45) is 5.92 Å². The van der Waals surface area contributed by atoms with Crippen LogP contribution in [0, 0.1) is 32.1 Å². The maximum Gasteiger partial charge on any atom is 0.134 e. The fourth-order valence-corrected chi connectivity index (χ4v) is 2.58. The van der Waals surface area contributed by atoms with E-state index in [-0.39, 0.29) is 0 Å². The van der Waals surface area contributed by atoms with E-state index in [4.69, 9.17) is 11.4 Å². The fraction of sp³-hybridized carbons (Fsp3) is 0.611. The van der Waals surface area contributed by atoms with Crippen LogP contribution in [-0.4, -0.2) is 24.1 Å². The Labute approximate surface area is 129 Å². The molecule has 0 unspecified atom stereocenters. The van der Waals surface area contributed by atoms with E-state index in [0.717, 1.165) is 30.5 Å². The Balaban J connectivity index is 2.30. The summed E-state index contributed by atoms with van der Waals surface area (Å²) in [6.45, 7) is 11.1. The molecule has 0 radical (unpaired) electrons. The van der Waals surface area contributed by atoms with Crippen molar-refractivity contribution in [2.45, 2.75) is 53.1 Å². The average Bonchev–Trinajstić information content (AvgIpc) is 3.20. The normalized spacial score (nSPS) is 14.3. The Morgan fingerprint density at radius 2 is 2.14 bits per heavy atom. The van der Waals surface area contributed by atoms with Gasteiger partial charge in [0.25, 0.3) is 0 Å². The van der Waals surface area contributed by atoms with Crippen LogP contribution in [0.4, 0.5) is 5.82 Å². The molecule has 1 aliphatic carbocycles. The van der Waals surface area contributed by atoms with E-state index >= 15 is 0 Å². The molecule has 1 saturated carbocycles. The molecule has 0 atom stereocenters. The van der Waals surface area contributed by atoms with E-state index in [2.05, 4.69) is 49.9 Å². The molecule has 0 amide bonds. The lowest BCUT2D eigenvalue weighted by Gasteiger charge is -2.26. The molecule has 1 N–H and O–H groups in total. The third kappa shape index (κ3) is 4.47. The Morgan fingerprint density at radius 1 is 1.43 bits per heavy atom. The first-order valence-corrected chi connectivity index (χ1v) is 7.90. The number of aryl methyl sites for hydroxylation is 2. The lowest BCUT2D eigenvalue weighted by molar-refractivity contribution is 0.584. The van der Waals surface area contributed by atoms with Crippen molar-refractivity contribution >= 4 is 5.82 Å². The highest BCUT2D eigenvalue weighted by Crippen LogP contribution is 2.32. The molecule has 114 valence electrons. The van der Waals surface area contributed by atoms with Crippen LogP contribution in [0.1, 0.15) is 43.5 Å². The van der Waals surface area contributed by atoms with Crippen LogP contribution in [0.3, 0.4) is 0 Å². The molecule has 2 rings (SSSR count). The Morgan fingerprint density at radius 3 is 2.71 bits per heavy atom. The molecule has 3 nitrogen and oxygen atoms in total. The van der Waals surface area contributed by atoms with Crippen molar-refractivity contribution in [1.82, 2.24) is 10.3 Å². The third-order valence-electron chi connectivity index (χ3n) is 3.90. The first kappa shape index (κ1) is 15.9. The first-order chi connectivity index (χ1) is 10.0. The summed E-state index contributed by atoms with van der Waals surface area (Å²) in [5.74, 6) is 4.67. The Hall–Kier alpha value is -1.53. The van der Waals surface area contributed by atoms with Crippen LogP contribution >= 0.6 is 0 Å². The second kappa shape index (κ2) is 6.95. The van der Waals surface area contributed by atoms with Crippen molar-refractivity contribution in [3.05, 3.63) is 22.9 Å². The summed E-state index contributed by atoms with van der Waals surface area (Å²) in [7, 11) is 0. The van der Waals surface area contributed by atoms with Gasteiger partial charge in [-0.05, 0) is 44.2 Å². The van der Waals surface area contributed by atoms with Gasteiger partial charge in [-0.2, -0.15) is 0 Å². The summed E-state index contributed by atoms with van der Waals surface area (Å²) in [6.07, 6.45) is 8.23. The summed E-state index contributed by atoms with van der Waals surface area (Å²) in [5.41, 5.74) is 3.64. The molecule has 1 fully saturated rings. The molecule has 0 aliphatic heterocycles. The number of anilines is 1. The molecule has 0 aromatic carbocycles. The summed E-state index contributed by atoms with van der Waals surface area (Å²) in [5, 5.41) is 3.51. The van der Waals surface area contributed by atoms with Crippen LogP contribution in [0.5, 0.6) is 0 Å². The number of hydrogen-bond donors (Lipinski definition) is 1. The van der Waals surface area contributed by atoms with Gasteiger partial charge < -0.3 is 10.2 Å². The number of pyridine rings is 1. The van der Waals surface area contributed by atoms with Gasteiger partial charge in [0, 0.05) is 30.4 Å². The minimum absolute atomic E-state index is 0.461. The van der Waals surface area contributed by atoms with E-state index in [1.54, 1.807) is 0 Å². The largest absolute Gasteiger partial charge is 0.345 e. The molecule has 3 heteroatoms. The van der Waals surface area contributed by atoms with E-state index in [0.29, 0.717) is 12.6 Å². The standard InChI is InChI=1S/C18H27N3/c1-6-9-21(12-16-7-8-16)18-17(11-19-13(2)3)14(4)10-15(5)20-18/h1,10,13,16,19H,7-9,11-12H2,2-5H3. The molecule has 0 bridgehead atoms. The van der Waals surface area contributed by atoms with E-state index in [1.807, 2.05) is 0 Å². The van der Waals surface area contributed by atoms with Gasteiger partial charge in [0.05, 0.1) is 6.54 Å². The highest BCUT2D eigenvalue weighted by molar-refractivity contribution is 5.52. The van der Waals surface area contributed by atoms with Gasteiger partial charge in [-0.1, -0.05) is 19.8 Å². The Kier molecular flexibility index (Phi) is 5.25. The smallest absolute Gasteiger partial charge is 0.134 e. The van der Waals surface area contributed by atoms with E-state index < -0.39 is 0 Å². The second-order valence-electron chi connectivity index (χ2n) is 6.45. The Bertz CT molecular complexity index is 524. The number of rotatable bonds is 7. The fourth-order valence-electron chi connectivity index (χ4n) is 2.58. The lowest BCUT2D eigenvalue weighted by atomic mass is 10.1. The van der Waals surface area contributed by atoms with Crippen molar-refractivity contribution in [2.75, 3.05) is 18.0 Å². The van der Waals surface area contributed by atoms with Crippen molar-refractivity contribution in [3.8, 4) is 12.3 Å². The molecule has 1 aromatic rings. The summed E-state index contributed by atoms with van der Waals surface area (Å²) in [4.78, 5) is 7.09. The van der Waals surface area contributed by atoms with Crippen LogP contribution in [0.25, 0.3) is 0 Å². The highest BCUT2D eigenvalue weighted by Gasteiger charge is 2.26.